The molecular weight excluding hydrogens is 394 g/mol. The van der Waals surface area contributed by atoms with Crippen LogP contribution in [0.15, 0.2) is 48.5 Å². The van der Waals surface area contributed by atoms with Gasteiger partial charge in [-0.2, -0.15) is 0 Å². The van der Waals surface area contributed by atoms with Crippen molar-refractivity contribution in [2.24, 2.45) is 5.73 Å². The molecule has 4 N–H and O–H groups in total. The number of carbonyl (C=O) groups excluding carboxylic acids is 3. The van der Waals surface area contributed by atoms with Gasteiger partial charge in [-0.15, -0.1) is 0 Å². The molecule has 9 nitrogen and oxygen atoms in total. The Hall–Kier alpha value is -4.11. The number of aliphatic carboxylic acids is 2. The lowest BCUT2D eigenvalue weighted by Crippen LogP contribution is -2.21. The second-order valence-corrected chi connectivity index (χ2v) is 5.94. The number of hydrogen-bond donors (Lipinski definition) is 3. The third-order valence-corrected chi connectivity index (χ3v) is 3.85. The van der Waals surface area contributed by atoms with Crippen LogP contribution >= 0.6 is 0 Å². The second kappa shape index (κ2) is 9.89. The molecule has 0 atom stereocenters. The number of benzene rings is 2. The van der Waals surface area contributed by atoms with E-state index in [4.69, 9.17) is 20.7 Å². The van der Waals surface area contributed by atoms with Gasteiger partial charge in [0.05, 0.1) is 0 Å². The number of nitrogens with two attached hydrogens (primary N) is 1. The van der Waals surface area contributed by atoms with E-state index < -0.39 is 40.4 Å². The van der Waals surface area contributed by atoms with Crippen molar-refractivity contribution >= 4 is 35.4 Å². The zero-order valence-electron chi connectivity index (χ0n) is 15.5. The van der Waals surface area contributed by atoms with Gasteiger partial charge in [0.15, 0.2) is 5.78 Å². The van der Waals surface area contributed by atoms with Gasteiger partial charge in [0.2, 0.25) is 0 Å². The predicted molar refractivity (Wildman–Crippen MR) is 105 cm³/mol. The molecule has 30 heavy (non-hydrogen) atoms. The lowest BCUT2D eigenvalue weighted by molar-refractivity contribution is -0.132. The van der Waals surface area contributed by atoms with E-state index in [0.717, 1.165) is 12.1 Å². The first kappa shape index (κ1) is 22.2. The molecule has 0 aliphatic rings. The summed E-state index contributed by atoms with van der Waals surface area (Å²) in [6.07, 6.45) is 2.49. The maximum atomic E-state index is 12.4. The van der Waals surface area contributed by atoms with Crippen molar-refractivity contribution in [3.63, 3.8) is 0 Å². The third kappa shape index (κ3) is 5.46. The molecule has 0 spiro atoms. The van der Waals surface area contributed by atoms with E-state index in [9.17, 15) is 24.0 Å². The highest BCUT2D eigenvalue weighted by Crippen LogP contribution is 2.17. The van der Waals surface area contributed by atoms with Crippen molar-refractivity contribution in [2.45, 2.75) is 0 Å². The van der Waals surface area contributed by atoms with Gasteiger partial charge in [0, 0.05) is 23.2 Å². The normalized spacial score (nSPS) is 10.6. The average Bonchev–Trinajstić information content (AvgIpc) is 2.74. The Kier molecular flexibility index (Phi) is 7.32. The van der Waals surface area contributed by atoms with Crippen LogP contribution in [-0.2, 0) is 9.59 Å². The summed E-state index contributed by atoms with van der Waals surface area (Å²) in [4.78, 5) is 57.9. The Bertz CT molecular complexity index is 1050. The van der Waals surface area contributed by atoms with Crippen molar-refractivity contribution < 1.29 is 38.9 Å². The van der Waals surface area contributed by atoms with Crippen LogP contribution in [0.4, 0.5) is 0 Å². The fraction of sp³-hybridized carbons (Fsp3) is 0.0952. The minimum absolute atomic E-state index is 0.227. The van der Waals surface area contributed by atoms with E-state index in [1.165, 1.54) is 24.3 Å². The molecular formula is C21H17NO8. The summed E-state index contributed by atoms with van der Waals surface area (Å²) < 4.78 is 5.35. The van der Waals surface area contributed by atoms with E-state index in [1.54, 1.807) is 18.2 Å². The van der Waals surface area contributed by atoms with Crippen LogP contribution < -0.4 is 10.5 Å². The standard InChI is InChI=1S/C21H17NO8/c22-8-9-30-14-3-1-2-13(11-14)17(23)7-5-12-4-6-15(18(24)20(26)27)16(10-12)19(25)21(28)29/h1-7,10-11H,8-9,22H2,(H,26,27)(H,28,29). The maximum absolute atomic E-state index is 12.4. The van der Waals surface area contributed by atoms with Crippen LogP contribution in [0.2, 0.25) is 0 Å². The SMILES string of the molecule is NCCOc1cccc(C(=O)C=Cc2ccc(C(=O)C(=O)O)c(C(=O)C(=O)O)c2)c1. The first-order valence-corrected chi connectivity index (χ1v) is 8.59. The molecule has 0 saturated carbocycles. The molecule has 0 fully saturated rings. The molecule has 0 unspecified atom stereocenters. The number of Topliss-reactive ketones (excluding diaryl/α,β-unsaturated/α-hetero) is 2. The summed E-state index contributed by atoms with van der Waals surface area (Å²) in [5, 5.41) is 17.8. The molecule has 0 radical (unpaired) electrons. The average molecular weight is 411 g/mol. The van der Waals surface area contributed by atoms with Gasteiger partial charge in [-0.25, -0.2) is 9.59 Å². The highest BCUT2D eigenvalue weighted by molar-refractivity contribution is 6.46. The Morgan fingerprint density at radius 2 is 1.57 bits per heavy atom. The zero-order valence-corrected chi connectivity index (χ0v) is 15.5. The third-order valence-electron chi connectivity index (χ3n) is 3.85. The number of carboxylic acids is 2. The van der Waals surface area contributed by atoms with E-state index in [-0.39, 0.29) is 12.2 Å². The first-order valence-electron chi connectivity index (χ1n) is 8.59. The van der Waals surface area contributed by atoms with Gasteiger partial charge in [-0.3, -0.25) is 14.4 Å². The van der Waals surface area contributed by atoms with Crippen LogP contribution in [0.3, 0.4) is 0 Å². The number of hydrogen-bond acceptors (Lipinski definition) is 7. The molecule has 2 aromatic carbocycles. The molecule has 0 saturated heterocycles. The van der Waals surface area contributed by atoms with Crippen LogP contribution in [0, 0.1) is 0 Å². The van der Waals surface area contributed by atoms with Crippen molar-refractivity contribution in [2.75, 3.05) is 13.2 Å². The van der Waals surface area contributed by atoms with Gasteiger partial charge in [0.25, 0.3) is 11.6 Å². The molecule has 0 aliphatic carbocycles. The maximum Gasteiger partial charge on any atom is 0.377 e. The summed E-state index contributed by atoms with van der Waals surface area (Å²) in [5.74, 6) is -6.47. The van der Waals surface area contributed by atoms with Crippen LogP contribution in [0.1, 0.15) is 36.6 Å². The van der Waals surface area contributed by atoms with Crippen molar-refractivity contribution in [3.05, 3.63) is 70.8 Å². The lowest BCUT2D eigenvalue weighted by Gasteiger charge is -2.06. The number of carboxylic acid groups (broad SMARTS) is 2. The monoisotopic (exact) mass is 411 g/mol. The van der Waals surface area contributed by atoms with Crippen LogP contribution in [0.25, 0.3) is 6.08 Å². The largest absolute Gasteiger partial charge is 0.492 e. The number of carbonyl (C=O) groups is 5. The molecule has 0 heterocycles. The van der Waals surface area contributed by atoms with Crippen LogP contribution in [0.5, 0.6) is 5.75 Å². The van der Waals surface area contributed by atoms with Gasteiger partial charge < -0.3 is 20.7 Å². The van der Waals surface area contributed by atoms with Gasteiger partial charge in [-0.1, -0.05) is 24.3 Å². The summed E-state index contributed by atoms with van der Waals surface area (Å²) in [6, 6.07) is 9.74. The van der Waals surface area contributed by atoms with E-state index in [2.05, 4.69) is 0 Å². The molecule has 0 aliphatic heterocycles. The Balaban J connectivity index is 2.32. The van der Waals surface area contributed by atoms with Gasteiger partial charge in [0.1, 0.15) is 12.4 Å². The summed E-state index contributed by atoms with van der Waals surface area (Å²) >= 11 is 0. The second-order valence-electron chi connectivity index (χ2n) is 5.94. The quantitative estimate of drug-likeness (QED) is 0.298. The number of ketones is 3. The van der Waals surface area contributed by atoms with Gasteiger partial charge >= 0.3 is 11.9 Å². The minimum atomic E-state index is -1.85. The zero-order chi connectivity index (χ0) is 22.3. The van der Waals surface area contributed by atoms with Crippen LogP contribution in [-0.4, -0.2) is 52.7 Å². The summed E-state index contributed by atoms with van der Waals surface area (Å²) in [7, 11) is 0. The number of rotatable bonds is 10. The first-order chi connectivity index (χ1) is 14.2. The Morgan fingerprint density at radius 3 is 2.20 bits per heavy atom. The molecule has 9 heteroatoms. The Labute approximate surface area is 170 Å². The number of ether oxygens (including phenoxy) is 1. The smallest absolute Gasteiger partial charge is 0.377 e. The molecule has 0 amide bonds. The van der Waals surface area contributed by atoms with E-state index in [0.29, 0.717) is 17.9 Å². The van der Waals surface area contributed by atoms with E-state index >= 15 is 0 Å². The molecule has 2 aromatic rings. The van der Waals surface area contributed by atoms with Crippen molar-refractivity contribution in [1.29, 1.82) is 0 Å². The predicted octanol–water partition coefficient (Wildman–Crippen LogP) is 1.45. The summed E-state index contributed by atoms with van der Waals surface area (Å²) in [6.45, 7) is 0.602. The fourth-order valence-electron chi connectivity index (χ4n) is 2.47. The molecule has 2 rings (SSSR count). The van der Waals surface area contributed by atoms with Crippen molar-refractivity contribution in [3.8, 4) is 5.75 Å². The minimum Gasteiger partial charge on any atom is -0.492 e. The molecule has 0 aromatic heterocycles. The Morgan fingerprint density at radius 1 is 0.900 bits per heavy atom. The van der Waals surface area contributed by atoms with Gasteiger partial charge in [-0.05, 0) is 35.9 Å². The topological polar surface area (TPSA) is 161 Å². The number of allylic oxidation sites excluding steroid dienone is 1. The molecule has 0 bridgehead atoms. The molecule has 154 valence electrons. The lowest BCUT2D eigenvalue weighted by atomic mass is 9.97. The highest BCUT2D eigenvalue weighted by atomic mass is 16.5. The highest BCUT2D eigenvalue weighted by Gasteiger charge is 2.25. The van der Waals surface area contributed by atoms with Crippen molar-refractivity contribution in [1.82, 2.24) is 0 Å². The fourth-order valence-corrected chi connectivity index (χ4v) is 2.47. The van der Waals surface area contributed by atoms with E-state index in [1.807, 2.05) is 0 Å². The summed E-state index contributed by atoms with van der Waals surface area (Å²) in [5.41, 5.74) is 4.78.